The molecular weight excluding hydrogens is 278 g/mol. The normalized spacial score (nSPS) is 42.1. The molecule has 1 nitrogen and oxygen atoms in total. The lowest BCUT2D eigenvalue weighted by Crippen LogP contribution is -2.22. The minimum absolute atomic E-state index is 0.375. The van der Waals surface area contributed by atoms with Crippen molar-refractivity contribution in [2.24, 2.45) is 35.5 Å². The summed E-state index contributed by atoms with van der Waals surface area (Å²) in [6, 6.07) is 2.48. The van der Waals surface area contributed by atoms with Crippen molar-refractivity contribution in [3.8, 4) is 6.07 Å². The Morgan fingerprint density at radius 1 is 0.609 bits per heavy atom. The van der Waals surface area contributed by atoms with Gasteiger partial charge in [-0.05, 0) is 68.1 Å². The first-order valence-electron chi connectivity index (χ1n) is 10.6. The molecule has 0 unspecified atom stereocenters. The molecule has 0 heterocycles. The van der Waals surface area contributed by atoms with Gasteiger partial charge < -0.3 is 0 Å². The van der Waals surface area contributed by atoms with Crippen LogP contribution in [-0.4, -0.2) is 0 Å². The molecule has 0 spiro atoms. The molecule has 0 aromatic heterocycles. The van der Waals surface area contributed by atoms with E-state index in [-0.39, 0.29) is 0 Å². The number of rotatable bonds is 4. The fourth-order valence-corrected chi connectivity index (χ4v) is 5.74. The first-order chi connectivity index (χ1) is 11.2. The van der Waals surface area contributed by atoms with E-state index in [2.05, 4.69) is 13.0 Å². The molecular formula is C22H37N. The van der Waals surface area contributed by atoms with Crippen LogP contribution in [0.2, 0.25) is 0 Å². The summed E-state index contributed by atoms with van der Waals surface area (Å²) in [6.45, 7) is 2.44. The monoisotopic (exact) mass is 315 g/mol. The molecule has 0 bridgehead atoms. The maximum Gasteiger partial charge on any atom is 0.0655 e. The number of hydrogen-bond donors (Lipinski definition) is 0. The molecule has 3 saturated carbocycles. The van der Waals surface area contributed by atoms with Gasteiger partial charge in [0.25, 0.3) is 0 Å². The number of nitrogens with zero attached hydrogens (tertiary/aromatic N) is 1. The van der Waals surface area contributed by atoms with Crippen LogP contribution in [0, 0.1) is 46.8 Å². The highest BCUT2D eigenvalue weighted by atomic mass is 14.4. The summed E-state index contributed by atoms with van der Waals surface area (Å²) in [5.74, 6) is 5.45. The van der Waals surface area contributed by atoms with Crippen LogP contribution >= 0.6 is 0 Å². The highest BCUT2D eigenvalue weighted by Gasteiger charge is 2.28. The molecule has 0 aliphatic heterocycles. The summed E-state index contributed by atoms with van der Waals surface area (Å²) in [6.07, 6.45) is 20.1. The molecule has 130 valence electrons. The second-order valence-corrected chi connectivity index (χ2v) is 9.33. The minimum Gasteiger partial charge on any atom is -0.198 e. The van der Waals surface area contributed by atoms with Crippen LogP contribution in [-0.2, 0) is 0 Å². The van der Waals surface area contributed by atoms with Gasteiger partial charge in [-0.3, -0.25) is 0 Å². The van der Waals surface area contributed by atoms with Crippen molar-refractivity contribution < 1.29 is 0 Å². The van der Waals surface area contributed by atoms with Gasteiger partial charge in [-0.2, -0.15) is 5.26 Å². The van der Waals surface area contributed by atoms with Crippen molar-refractivity contribution in [3.63, 3.8) is 0 Å². The Kier molecular flexibility index (Phi) is 6.44. The maximum atomic E-state index is 9.03. The smallest absolute Gasteiger partial charge is 0.0655 e. The standard InChI is InChI=1S/C22H37N/c1-17-2-4-18(5-3-17)14-19-6-8-20(9-7-19)15-21-10-12-22(16-23)13-11-21/h17-22H,2-15H2,1H3. The molecule has 3 rings (SSSR count). The van der Waals surface area contributed by atoms with Gasteiger partial charge in [-0.25, -0.2) is 0 Å². The lowest BCUT2D eigenvalue weighted by molar-refractivity contribution is 0.171. The summed E-state index contributed by atoms with van der Waals surface area (Å²) in [5, 5.41) is 9.03. The summed E-state index contributed by atoms with van der Waals surface area (Å²) >= 11 is 0. The first kappa shape index (κ1) is 17.3. The van der Waals surface area contributed by atoms with E-state index in [0.29, 0.717) is 5.92 Å². The summed E-state index contributed by atoms with van der Waals surface area (Å²) < 4.78 is 0. The van der Waals surface area contributed by atoms with E-state index in [1.54, 1.807) is 6.42 Å². The molecule has 3 aliphatic carbocycles. The zero-order valence-electron chi connectivity index (χ0n) is 15.3. The Morgan fingerprint density at radius 2 is 0.957 bits per heavy atom. The zero-order chi connectivity index (χ0) is 16.1. The molecule has 3 aliphatic rings. The van der Waals surface area contributed by atoms with Crippen LogP contribution in [0.4, 0.5) is 0 Å². The highest BCUT2D eigenvalue weighted by molar-refractivity contribution is 4.88. The van der Waals surface area contributed by atoms with E-state index in [1.807, 2.05) is 0 Å². The Morgan fingerprint density at radius 3 is 1.35 bits per heavy atom. The predicted octanol–water partition coefficient (Wildman–Crippen LogP) is 6.73. The van der Waals surface area contributed by atoms with Crippen LogP contribution in [0.1, 0.15) is 96.8 Å². The van der Waals surface area contributed by atoms with Crippen LogP contribution in [0.25, 0.3) is 0 Å². The molecule has 0 atom stereocenters. The summed E-state index contributed by atoms with van der Waals surface area (Å²) in [7, 11) is 0. The topological polar surface area (TPSA) is 23.8 Å². The van der Waals surface area contributed by atoms with E-state index < -0.39 is 0 Å². The molecule has 0 radical (unpaired) electrons. The first-order valence-corrected chi connectivity index (χ1v) is 10.6. The second kappa shape index (κ2) is 8.55. The highest BCUT2D eigenvalue weighted by Crippen LogP contribution is 2.41. The van der Waals surface area contributed by atoms with Gasteiger partial charge in [-0.15, -0.1) is 0 Å². The molecule has 0 aromatic carbocycles. The molecule has 23 heavy (non-hydrogen) atoms. The Balaban J connectivity index is 1.32. The van der Waals surface area contributed by atoms with Gasteiger partial charge >= 0.3 is 0 Å². The van der Waals surface area contributed by atoms with Crippen LogP contribution in [0.5, 0.6) is 0 Å². The van der Waals surface area contributed by atoms with Crippen molar-refractivity contribution in [2.75, 3.05) is 0 Å². The molecule has 0 amide bonds. The predicted molar refractivity (Wildman–Crippen MR) is 96.9 cm³/mol. The van der Waals surface area contributed by atoms with E-state index in [1.165, 1.54) is 83.5 Å². The van der Waals surface area contributed by atoms with E-state index in [9.17, 15) is 0 Å². The zero-order valence-corrected chi connectivity index (χ0v) is 15.3. The van der Waals surface area contributed by atoms with Crippen molar-refractivity contribution in [1.29, 1.82) is 5.26 Å². The van der Waals surface area contributed by atoms with Gasteiger partial charge in [0.05, 0.1) is 6.07 Å². The van der Waals surface area contributed by atoms with Crippen molar-refractivity contribution in [1.82, 2.24) is 0 Å². The van der Waals surface area contributed by atoms with Gasteiger partial charge in [0.15, 0.2) is 0 Å². The van der Waals surface area contributed by atoms with Gasteiger partial charge in [0.1, 0.15) is 0 Å². The SMILES string of the molecule is CC1CCC(CC2CCC(CC3CCC(C#N)CC3)CC2)CC1. The van der Waals surface area contributed by atoms with Crippen molar-refractivity contribution in [3.05, 3.63) is 0 Å². The van der Waals surface area contributed by atoms with Crippen molar-refractivity contribution in [2.45, 2.75) is 96.8 Å². The Labute approximate surface area is 144 Å². The lowest BCUT2D eigenvalue weighted by atomic mass is 9.70. The third-order valence-electron chi connectivity index (χ3n) is 7.46. The van der Waals surface area contributed by atoms with E-state index >= 15 is 0 Å². The Bertz CT molecular complexity index is 371. The molecule has 0 saturated heterocycles. The second-order valence-electron chi connectivity index (χ2n) is 9.33. The number of hydrogen-bond acceptors (Lipinski definition) is 1. The average Bonchev–Trinajstić information content (AvgIpc) is 2.59. The maximum absolute atomic E-state index is 9.03. The molecule has 0 N–H and O–H groups in total. The summed E-state index contributed by atoms with van der Waals surface area (Å²) in [4.78, 5) is 0. The van der Waals surface area contributed by atoms with Crippen molar-refractivity contribution >= 4 is 0 Å². The van der Waals surface area contributed by atoms with Crippen LogP contribution < -0.4 is 0 Å². The third kappa shape index (κ3) is 5.23. The third-order valence-corrected chi connectivity index (χ3v) is 7.46. The fourth-order valence-electron chi connectivity index (χ4n) is 5.74. The van der Waals surface area contributed by atoms with E-state index in [0.717, 1.165) is 29.6 Å². The summed E-state index contributed by atoms with van der Waals surface area (Å²) in [5.41, 5.74) is 0. The fraction of sp³-hybridized carbons (Fsp3) is 0.955. The number of nitriles is 1. The van der Waals surface area contributed by atoms with Gasteiger partial charge in [0.2, 0.25) is 0 Å². The van der Waals surface area contributed by atoms with Gasteiger partial charge in [-0.1, -0.05) is 58.3 Å². The molecule has 1 heteroatoms. The largest absolute Gasteiger partial charge is 0.198 e. The van der Waals surface area contributed by atoms with E-state index in [4.69, 9.17) is 5.26 Å². The van der Waals surface area contributed by atoms with Gasteiger partial charge in [0, 0.05) is 5.92 Å². The average molecular weight is 316 g/mol. The quantitative estimate of drug-likeness (QED) is 0.564. The van der Waals surface area contributed by atoms with Crippen LogP contribution in [0.15, 0.2) is 0 Å². The van der Waals surface area contributed by atoms with Crippen LogP contribution in [0.3, 0.4) is 0 Å². The minimum atomic E-state index is 0.375. The lowest BCUT2D eigenvalue weighted by Gasteiger charge is -2.35. The molecule has 3 fully saturated rings. The Hall–Kier alpha value is -0.510. The molecule has 0 aromatic rings.